The number of aliphatic hydroxyl groups excluding tert-OH is 1. The third-order valence-electron chi connectivity index (χ3n) is 2.44. The summed E-state index contributed by atoms with van der Waals surface area (Å²) in [4.78, 5) is 15.7. The molecule has 2 N–H and O–H groups in total. The molecule has 0 saturated carbocycles. The summed E-state index contributed by atoms with van der Waals surface area (Å²) in [5, 5.41) is 14.5. The summed E-state index contributed by atoms with van der Waals surface area (Å²) < 4.78 is 18.5. The predicted molar refractivity (Wildman–Crippen MR) is 72.0 cm³/mol. The number of anilines is 1. The maximum atomic E-state index is 13.8. The molecule has 0 atom stereocenters. The van der Waals surface area contributed by atoms with Gasteiger partial charge in [0.05, 0.1) is 12.2 Å². The molecule has 0 radical (unpaired) electrons. The van der Waals surface area contributed by atoms with Crippen molar-refractivity contribution in [3.8, 4) is 11.8 Å². The van der Waals surface area contributed by atoms with Crippen molar-refractivity contribution in [1.29, 1.82) is 0 Å². The van der Waals surface area contributed by atoms with E-state index in [4.69, 9.17) is 9.63 Å². The molecule has 1 aromatic carbocycles. The number of rotatable bonds is 3. The second kappa shape index (κ2) is 6.63. The Hall–Kier alpha value is -2.72. The van der Waals surface area contributed by atoms with Crippen molar-refractivity contribution in [2.45, 2.75) is 13.3 Å². The molecule has 2 aromatic rings. The molecule has 0 bridgehead atoms. The molecule has 0 aliphatic heterocycles. The first-order valence-corrected chi connectivity index (χ1v) is 6.11. The van der Waals surface area contributed by atoms with Crippen LogP contribution >= 0.6 is 0 Å². The standard InChI is InChI=1S/C14H12FN3O3/c1-9-16-14(21-18-9)17-13(20)11-6-5-10(12(15)8-11)4-2-3-7-19/h5-6,8,19H,3,7H2,1H3,(H,16,17,18,20). The average Bonchev–Trinajstić information content (AvgIpc) is 2.86. The van der Waals surface area contributed by atoms with Gasteiger partial charge in [0.2, 0.25) is 0 Å². The van der Waals surface area contributed by atoms with E-state index in [9.17, 15) is 9.18 Å². The number of benzene rings is 1. The van der Waals surface area contributed by atoms with Gasteiger partial charge in [-0.1, -0.05) is 17.0 Å². The van der Waals surface area contributed by atoms with Crippen molar-refractivity contribution in [3.05, 3.63) is 41.0 Å². The molecule has 0 unspecified atom stereocenters. The normalized spacial score (nSPS) is 9.86. The number of halogens is 1. The van der Waals surface area contributed by atoms with Crippen molar-refractivity contribution >= 4 is 11.9 Å². The lowest BCUT2D eigenvalue weighted by molar-refractivity contribution is 0.102. The van der Waals surface area contributed by atoms with Gasteiger partial charge in [-0.15, -0.1) is 0 Å². The number of nitrogens with zero attached hydrogens (tertiary/aromatic N) is 2. The lowest BCUT2D eigenvalue weighted by Gasteiger charge is -2.01. The summed E-state index contributed by atoms with van der Waals surface area (Å²) in [6.07, 6.45) is 0.262. The number of hydrogen-bond donors (Lipinski definition) is 2. The SMILES string of the molecule is Cc1noc(NC(=O)c2ccc(C#CCCO)c(F)c2)n1. The molecule has 2 rings (SSSR count). The van der Waals surface area contributed by atoms with Gasteiger partial charge in [0.1, 0.15) is 5.82 Å². The largest absolute Gasteiger partial charge is 0.395 e. The maximum Gasteiger partial charge on any atom is 0.328 e. The summed E-state index contributed by atoms with van der Waals surface area (Å²) in [6, 6.07) is 3.85. The molecule has 108 valence electrons. The molecular formula is C14H12FN3O3. The van der Waals surface area contributed by atoms with E-state index in [-0.39, 0.29) is 30.2 Å². The maximum absolute atomic E-state index is 13.8. The van der Waals surface area contributed by atoms with Crippen molar-refractivity contribution < 1.29 is 18.8 Å². The van der Waals surface area contributed by atoms with Crippen LogP contribution in [0.1, 0.15) is 28.2 Å². The molecule has 1 amide bonds. The van der Waals surface area contributed by atoms with Crippen LogP contribution in [-0.4, -0.2) is 27.8 Å². The van der Waals surface area contributed by atoms with Crippen LogP contribution in [0.15, 0.2) is 22.7 Å². The highest BCUT2D eigenvalue weighted by Gasteiger charge is 2.12. The summed E-state index contributed by atoms with van der Waals surface area (Å²) in [7, 11) is 0. The number of carbonyl (C=O) groups is 1. The Labute approximate surface area is 120 Å². The van der Waals surface area contributed by atoms with Gasteiger partial charge in [0, 0.05) is 12.0 Å². The molecule has 7 heteroatoms. The predicted octanol–water partition coefficient (Wildman–Crippen LogP) is 1.50. The third-order valence-corrected chi connectivity index (χ3v) is 2.44. The van der Waals surface area contributed by atoms with Crippen LogP contribution in [0.3, 0.4) is 0 Å². The smallest absolute Gasteiger partial charge is 0.328 e. The second-order valence-electron chi connectivity index (χ2n) is 4.07. The van der Waals surface area contributed by atoms with Gasteiger partial charge in [-0.05, 0) is 25.1 Å². The molecule has 1 heterocycles. The Morgan fingerprint density at radius 1 is 1.52 bits per heavy atom. The van der Waals surface area contributed by atoms with Gasteiger partial charge >= 0.3 is 6.01 Å². The van der Waals surface area contributed by atoms with E-state index < -0.39 is 11.7 Å². The summed E-state index contributed by atoms with van der Waals surface area (Å²) >= 11 is 0. The number of carbonyl (C=O) groups excluding carboxylic acids is 1. The molecule has 0 saturated heterocycles. The first-order chi connectivity index (χ1) is 10.1. The van der Waals surface area contributed by atoms with Gasteiger partial charge < -0.3 is 9.63 Å². The topological polar surface area (TPSA) is 88.2 Å². The number of aryl methyl sites for hydroxylation is 1. The second-order valence-corrected chi connectivity index (χ2v) is 4.07. The Kier molecular flexibility index (Phi) is 4.64. The van der Waals surface area contributed by atoms with Gasteiger partial charge in [-0.2, -0.15) is 4.98 Å². The zero-order valence-corrected chi connectivity index (χ0v) is 11.2. The van der Waals surface area contributed by atoms with E-state index >= 15 is 0 Å². The fourth-order valence-electron chi connectivity index (χ4n) is 1.49. The molecule has 0 fully saturated rings. The average molecular weight is 289 g/mol. The molecule has 21 heavy (non-hydrogen) atoms. The monoisotopic (exact) mass is 289 g/mol. The zero-order valence-electron chi connectivity index (χ0n) is 11.2. The Morgan fingerprint density at radius 2 is 2.33 bits per heavy atom. The van der Waals surface area contributed by atoms with E-state index in [0.29, 0.717) is 5.82 Å². The number of aliphatic hydroxyl groups is 1. The molecule has 6 nitrogen and oxygen atoms in total. The van der Waals surface area contributed by atoms with Gasteiger partial charge in [0.25, 0.3) is 5.91 Å². The van der Waals surface area contributed by atoms with Crippen molar-refractivity contribution in [2.75, 3.05) is 11.9 Å². The van der Waals surface area contributed by atoms with Crippen LogP contribution in [0.4, 0.5) is 10.4 Å². The first-order valence-electron chi connectivity index (χ1n) is 6.11. The minimum atomic E-state index is -0.616. The van der Waals surface area contributed by atoms with E-state index in [0.717, 1.165) is 6.07 Å². The fourth-order valence-corrected chi connectivity index (χ4v) is 1.49. The van der Waals surface area contributed by atoms with Crippen molar-refractivity contribution in [1.82, 2.24) is 10.1 Å². The molecule has 0 spiro atoms. The minimum absolute atomic E-state index is 0.0512. The third kappa shape index (κ3) is 3.87. The van der Waals surface area contributed by atoms with Crippen LogP contribution in [0.25, 0.3) is 0 Å². The number of aromatic nitrogens is 2. The lowest BCUT2D eigenvalue weighted by Crippen LogP contribution is -2.12. The highest BCUT2D eigenvalue weighted by molar-refractivity contribution is 6.03. The lowest BCUT2D eigenvalue weighted by atomic mass is 10.1. The minimum Gasteiger partial charge on any atom is -0.395 e. The molecule has 0 aliphatic rings. The van der Waals surface area contributed by atoms with Gasteiger partial charge in [0.15, 0.2) is 5.82 Å². The van der Waals surface area contributed by atoms with Crippen LogP contribution < -0.4 is 5.32 Å². The van der Waals surface area contributed by atoms with E-state index in [1.807, 2.05) is 0 Å². The quantitative estimate of drug-likeness (QED) is 0.836. The Balaban J connectivity index is 2.12. The highest BCUT2D eigenvalue weighted by Crippen LogP contribution is 2.12. The Bertz CT molecular complexity index is 716. The first kappa shape index (κ1) is 14.7. The van der Waals surface area contributed by atoms with Crippen molar-refractivity contribution in [3.63, 3.8) is 0 Å². The molecule has 1 aromatic heterocycles. The van der Waals surface area contributed by atoms with E-state index in [2.05, 4.69) is 27.3 Å². The van der Waals surface area contributed by atoms with Gasteiger partial charge in [-0.25, -0.2) is 4.39 Å². The van der Waals surface area contributed by atoms with Crippen LogP contribution in [0, 0.1) is 24.6 Å². The highest BCUT2D eigenvalue weighted by atomic mass is 19.1. The van der Waals surface area contributed by atoms with Crippen LogP contribution in [0.5, 0.6) is 0 Å². The molecule has 0 aliphatic carbocycles. The summed E-state index contributed by atoms with van der Waals surface area (Å²) in [5.41, 5.74) is 0.268. The number of nitrogens with one attached hydrogen (secondary N) is 1. The Morgan fingerprint density at radius 3 is 2.95 bits per heavy atom. The van der Waals surface area contributed by atoms with Gasteiger partial charge in [-0.3, -0.25) is 10.1 Å². The fraction of sp³-hybridized carbons (Fsp3) is 0.214. The van der Waals surface area contributed by atoms with Crippen LogP contribution in [0.2, 0.25) is 0 Å². The van der Waals surface area contributed by atoms with E-state index in [1.165, 1.54) is 12.1 Å². The summed E-state index contributed by atoms with van der Waals surface area (Å²) in [6.45, 7) is 1.53. The number of amides is 1. The van der Waals surface area contributed by atoms with Crippen molar-refractivity contribution in [2.24, 2.45) is 0 Å². The number of hydrogen-bond acceptors (Lipinski definition) is 5. The summed E-state index contributed by atoms with van der Waals surface area (Å²) in [5.74, 6) is 4.39. The van der Waals surface area contributed by atoms with Crippen LogP contribution in [-0.2, 0) is 0 Å². The zero-order chi connectivity index (χ0) is 15.2. The molecular weight excluding hydrogens is 277 g/mol. The van der Waals surface area contributed by atoms with E-state index in [1.54, 1.807) is 6.92 Å².